The third kappa shape index (κ3) is 3.91. The molecule has 0 bridgehead atoms. The number of urea groups is 1. The van der Waals surface area contributed by atoms with Gasteiger partial charge in [0.15, 0.2) is 0 Å². The van der Waals surface area contributed by atoms with Crippen LogP contribution in [0.15, 0.2) is 64.6 Å². The molecule has 1 fully saturated rings. The van der Waals surface area contributed by atoms with Gasteiger partial charge in [0.2, 0.25) is 0 Å². The highest BCUT2D eigenvalue weighted by Crippen LogP contribution is 2.27. The summed E-state index contributed by atoms with van der Waals surface area (Å²) in [6.07, 6.45) is 1.26. The van der Waals surface area contributed by atoms with Gasteiger partial charge < -0.3 is 4.42 Å². The van der Waals surface area contributed by atoms with Gasteiger partial charge in [-0.2, -0.15) is 0 Å². The van der Waals surface area contributed by atoms with E-state index in [1.165, 1.54) is 30.3 Å². The first kappa shape index (κ1) is 20.7. The minimum absolute atomic E-state index is 0.0525. The molecule has 4 amide bonds. The molecule has 1 aliphatic rings. The molecule has 1 N–H and O–H groups in total. The van der Waals surface area contributed by atoms with Crippen molar-refractivity contribution in [2.45, 2.75) is 13.8 Å². The van der Waals surface area contributed by atoms with E-state index < -0.39 is 22.8 Å². The number of carbonyl (C=O) groups is 3. The number of hydrogen-bond acceptors (Lipinski definition) is 6. The van der Waals surface area contributed by atoms with Crippen LogP contribution in [0.1, 0.15) is 16.9 Å². The van der Waals surface area contributed by atoms with Crippen molar-refractivity contribution in [3.63, 3.8) is 0 Å². The summed E-state index contributed by atoms with van der Waals surface area (Å²) in [5.74, 6) is -0.977. The third-order valence-electron chi connectivity index (χ3n) is 4.84. The smallest absolute Gasteiger partial charge is 0.335 e. The molecule has 1 aliphatic heterocycles. The van der Waals surface area contributed by atoms with Crippen LogP contribution < -0.4 is 10.2 Å². The van der Waals surface area contributed by atoms with Crippen LogP contribution in [0.5, 0.6) is 0 Å². The van der Waals surface area contributed by atoms with E-state index in [0.29, 0.717) is 17.0 Å². The molecular formula is C23H17N3O6. The average molecular weight is 431 g/mol. The van der Waals surface area contributed by atoms with E-state index in [1.54, 1.807) is 24.3 Å². The molecule has 0 atom stereocenters. The van der Waals surface area contributed by atoms with Crippen LogP contribution in [0.25, 0.3) is 17.4 Å². The Hall–Kier alpha value is -4.53. The van der Waals surface area contributed by atoms with Crippen molar-refractivity contribution in [2.24, 2.45) is 0 Å². The number of furan rings is 1. The molecule has 2 heterocycles. The van der Waals surface area contributed by atoms with E-state index >= 15 is 0 Å². The molecule has 0 radical (unpaired) electrons. The molecule has 160 valence electrons. The van der Waals surface area contributed by atoms with Crippen molar-refractivity contribution < 1.29 is 23.7 Å². The monoisotopic (exact) mass is 431 g/mol. The summed E-state index contributed by atoms with van der Waals surface area (Å²) in [5, 5.41) is 13.0. The maximum absolute atomic E-state index is 13.0. The molecule has 1 aromatic heterocycles. The molecule has 32 heavy (non-hydrogen) atoms. The van der Waals surface area contributed by atoms with Gasteiger partial charge in [-0.1, -0.05) is 6.07 Å². The van der Waals surface area contributed by atoms with Crippen molar-refractivity contribution in [1.29, 1.82) is 0 Å². The Bertz CT molecular complexity index is 1280. The minimum atomic E-state index is -0.826. The highest BCUT2D eigenvalue weighted by Gasteiger charge is 2.37. The Morgan fingerprint density at radius 3 is 2.25 bits per heavy atom. The van der Waals surface area contributed by atoms with E-state index in [4.69, 9.17) is 4.42 Å². The number of non-ortho nitro benzene ring substituents is 1. The number of imide groups is 2. The fourth-order valence-electron chi connectivity index (χ4n) is 3.45. The maximum atomic E-state index is 13.0. The topological polar surface area (TPSA) is 123 Å². The lowest BCUT2D eigenvalue weighted by atomic mass is 10.1. The summed E-state index contributed by atoms with van der Waals surface area (Å²) < 4.78 is 5.69. The summed E-state index contributed by atoms with van der Waals surface area (Å²) in [5.41, 5.74) is 2.36. The number of nitro groups is 1. The van der Waals surface area contributed by atoms with Gasteiger partial charge in [-0.05, 0) is 67.4 Å². The first-order valence-corrected chi connectivity index (χ1v) is 9.57. The standard InChI is InChI=1S/C23H17N3O6/c1-13-9-14(2)11-17(10-13)25-22(28)19(21(27)24-23(25)29)12-18-7-8-20(32-18)15-3-5-16(6-4-15)26(30)31/h3-12H,1-2H3,(H,24,27,29)/b19-12+. The second kappa shape index (κ2) is 7.95. The van der Waals surface area contributed by atoms with Gasteiger partial charge in [-0.15, -0.1) is 0 Å². The normalized spacial score (nSPS) is 15.2. The average Bonchev–Trinajstić information content (AvgIpc) is 3.19. The van der Waals surface area contributed by atoms with Crippen LogP contribution in [0, 0.1) is 24.0 Å². The first-order valence-electron chi connectivity index (χ1n) is 9.57. The highest BCUT2D eigenvalue weighted by atomic mass is 16.6. The lowest BCUT2D eigenvalue weighted by Gasteiger charge is -2.26. The van der Waals surface area contributed by atoms with E-state index in [9.17, 15) is 24.5 Å². The number of barbiturate groups is 1. The molecule has 3 aromatic rings. The molecule has 9 nitrogen and oxygen atoms in total. The van der Waals surface area contributed by atoms with E-state index in [0.717, 1.165) is 16.0 Å². The van der Waals surface area contributed by atoms with Crippen LogP contribution in [-0.2, 0) is 9.59 Å². The van der Waals surface area contributed by atoms with Gasteiger partial charge >= 0.3 is 6.03 Å². The zero-order valence-corrected chi connectivity index (χ0v) is 17.1. The number of nitrogens with zero attached hydrogens (tertiary/aromatic N) is 2. The van der Waals surface area contributed by atoms with Crippen molar-refractivity contribution in [2.75, 3.05) is 4.90 Å². The van der Waals surface area contributed by atoms with Crippen molar-refractivity contribution in [1.82, 2.24) is 5.32 Å². The van der Waals surface area contributed by atoms with Crippen LogP contribution in [-0.4, -0.2) is 22.8 Å². The zero-order chi connectivity index (χ0) is 23.0. The van der Waals surface area contributed by atoms with Crippen LogP contribution in [0.3, 0.4) is 0 Å². The number of anilines is 1. The minimum Gasteiger partial charge on any atom is -0.457 e. The van der Waals surface area contributed by atoms with E-state index in [2.05, 4.69) is 5.32 Å². The predicted molar refractivity (Wildman–Crippen MR) is 116 cm³/mol. The SMILES string of the molecule is Cc1cc(C)cc(N2C(=O)NC(=O)/C(=C\c3ccc(-c4ccc([N+](=O)[O-])cc4)o3)C2=O)c1. The fourth-order valence-corrected chi connectivity index (χ4v) is 3.45. The van der Waals surface area contributed by atoms with Gasteiger partial charge in [0.25, 0.3) is 17.5 Å². The number of hydrogen-bond donors (Lipinski definition) is 1. The van der Waals surface area contributed by atoms with Gasteiger partial charge in [-0.3, -0.25) is 25.0 Å². The molecule has 2 aromatic carbocycles. The molecule has 0 unspecified atom stereocenters. The van der Waals surface area contributed by atoms with Crippen molar-refractivity contribution in [3.05, 3.63) is 87.2 Å². The number of carbonyl (C=O) groups excluding carboxylic acids is 3. The largest absolute Gasteiger partial charge is 0.457 e. The van der Waals surface area contributed by atoms with Gasteiger partial charge in [0.05, 0.1) is 10.6 Å². The number of amides is 4. The fraction of sp³-hybridized carbons (Fsp3) is 0.0870. The van der Waals surface area contributed by atoms with E-state index in [-0.39, 0.29) is 17.0 Å². The second-order valence-electron chi connectivity index (χ2n) is 7.31. The number of benzene rings is 2. The van der Waals surface area contributed by atoms with Crippen LogP contribution in [0.2, 0.25) is 0 Å². The van der Waals surface area contributed by atoms with Crippen LogP contribution in [0.4, 0.5) is 16.2 Å². The van der Waals surface area contributed by atoms with Gasteiger partial charge in [0, 0.05) is 17.7 Å². The lowest BCUT2D eigenvalue weighted by Crippen LogP contribution is -2.54. The van der Waals surface area contributed by atoms with Crippen molar-refractivity contribution in [3.8, 4) is 11.3 Å². The zero-order valence-electron chi connectivity index (χ0n) is 17.1. The number of rotatable bonds is 4. The summed E-state index contributed by atoms with van der Waals surface area (Å²) in [4.78, 5) is 49.0. The number of aryl methyl sites for hydroxylation is 2. The molecule has 1 saturated heterocycles. The molecule has 0 aliphatic carbocycles. The Kier molecular flexibility index (Phi) is 5.15. The Morgan fingerprint density at radius 1 is 0.969 bits per heavy atom. The Balaban J connectivity index is 1.66. The van der Waals surface area contributed by atoms with Gasteiger partial charge in [0.1, 0.15) is 17.1 Å². The van der Waals surface area contributed by atoms with Gasteiger partial charge in [-0.25, -0.2) is 9.69 Å². The maximum Gasteiger partial charge on any atom is 0.335 e. The van der Waals surface area contributed by atoms with Crippen molar-refractivity contribution >= 4 is 35.3 Å². The lowest BCUT2D eigenvalue weighted by molar-refractivity contribution is -0.384. The van der Waals surface area contributed by atoms with Crippen LogP contribution >= 0.6 is 0 Å². The molecule has 9 heteroatoms. The van der Waals surface area contributed by atoms with E-state index in [1.807, 2.05) is 19.9 Å². The quantitative estimate of drug-likeness (QED) is 0.287. The number of nitro benzene ring substituents is 1. The third-order valence-corrected chi connectivity index (χ3v) is 4.84. The summed E-state index contributed by atoms with van der Waals surface area (Å²) in [6.45, 7) is 3.68. The Labute approximate surface area is 182 Å². The molecule has 0 spiro atoms. The first-order chi connectivity index (χ1) is 15.2. The Morgan fingerprint density at radius 2 is 1.62 bits per heavy atom. The second-order valence-corrected chi connectivity index (χ2v) is 7.31. The summed E-state index contributed by atoms with van der Waals surface area (Å²) in [7, 11) is 0. The molecule has 0 saturated carbocycles. The predicted octanol–water partition coefficient (Wildman–Crippen LogP) is 4.14. The summed E-state index contributed by atoms with van der Waals surface area (Å²) in [6, 6.07) is 13.4. The summed E-state index contributed by atoms with van der Waals surface area (Å²) >= 11 is 0. The molecule has 4 rings (SSSR count). The highest BCUT2D eigenvalue weighted by molar-refractivity contribution is 6.39. The number of nitrogens with one attached hydrogen (secondary N) is 1. The molecular weight excluding hydrogens is 414 g/mol.